The molecule has 19 heavy (non-hydrogen) atoms. The van der Waals surface area contributed by atoms with Crippen molar-refractivity contribution in [2.45, 2.75) is 6.92 Å². The van der Waals surface area contributed by atoms with Gasteiger partial charge in [-0.15, -0.1) is 0 Å². The van der Waals surface area contributed by atoms with Crippen LogP contribution in [0.1, 0.15) is 6.92 Å². The molecule has 1 aromatic rings. The summed E-state index contributed by atoms with van der Waals surface area (Å²) >= 11 is 0. The van der Waals surface area contributed by atoms with Gasteiger partial charge < -0.3 is 15.5 Å². The Hall–Kier alpha value is -2.45. The number of nitrogens with one attached hydrogen (secondary N) is 2. The molecule has 0 spiro atoms. The van der Waals surface area contributed by atoms with E-state index < -0.39 is 4.92 Å². The van der Waals surface area contributed by atoms with Gasteiger partial charge in [-0.3, -0.25) is 14.9 Å². The molecular formula is C10H16N6O3. The molecule has 0 atom stereocenters. The van der Waals surface area contributed by atoms with Crippen molar-refractivity contribution in [3.8, 4) is 0 Å². The van der Waals surface area contributed by atoms with Gasteiger partial charge in [0.05, 0.1) is 11.5 Å². The lowest BCUT2D eigenvalue weighted by Crippen LogP contribution is -2.36. The van der Waals surface area contributed by atoms with E-state index in [9.17, 15) is 14.9 Å². The summed E-state index contributed by atoms with van der Waals surface area (Å²) in [5, 5.41) is 16.2. The van der Waals surface area contributed by atoms with Crippen molar-refractivity contribution in [3.63, 3.8) is 0 Å². The lowest BCUT2D eigenvalue weighted by Gasteiger charge is -2.20. The third kappa shape index (κ3) is 3.27. The molecule has 0 fully saturated rings. The maximum atomic E-state index is 11.4. The highest BCUT2D eigenvalue weighted by Crippen LogP contribution is 2.31. The van der Waals surface area contributed by atoms with Crippen LogP contribution in [-0.4, -0.2) is 48.0 Å². The highest BCUT2D eigenvalue weighted by molar-refractivity contribution is 5.82. The van der Waals surface area contributed by atoms with Crippen LogP contribution in [0.4, 0.5) is 17.3 Å². The van der Waals surface area contributed by atoms with Crippen molar-refractivity contribution in [1.29, 1.82) is 0 Å². The number of carbonyl (C=O) groups excluding carboxylic acids is 1. The minimum Gasteiger partial charge on any atom is -0.367 e. The first-order chi connectivity index (χ1) is 9.04. The standard InChI is InChI=1S/C10H16N6O3/c1-4-15(5-7(17)11-2)10-8(16(18)19)9(12-3)13-6-14-10/h6H,4-5H2,1-3H3,(H,11,17)(H,12,13,14). The first-order valence-corrected chi connectivity index (χ1v) is 5.67. The molecule has 1 amide bonds. The van der Waals surface area contributed by atoms with E-state index >= 15 is 0 Å². The van der Waals surface area contributed by atoms with Crippen molar-refractivity contribution in [3.05, 3.63) is 16.4 Å². The summed E-state index contributed by atoms with van der Waals surface area (Å²) in [6.07, 6.45) is 1.22. The minimum absolute atomic E-state index is 0.00594. The summed E-state index contributed by atoms with van der Waals surface area (Å²) in [5.74, 6) is -0.0124. The molecule has 9 heteroatoms. The molecule has 2 N–H and O–H groups in total. The third-order valence-corrected chi connectivity index (χ3v) is 2.52. The molecule has 0 aliphatic carbocycles. The Bertz CT molecular complexity index is 478. The van der Waals surface area contributed by atoms with Crippen molar-refractivity contribution in [2.24, 2.45) is 0 Å². The van der Waals surface area contributed by atoms with Gasteiger partial charge in [-0.1, -0.05) is 0 Å². The highest BCUT2D eigenvalue weighted by Gasteiger charge is 2.26. The summed E-state index contributed by atoms with van der Waals surface area (Å²) in [6.45, 7) is 2.19. The first kappa shape index (κ1) is 14.6. The summed E-state index contributed by atoms with van der Waals surface area (Å²) in [6, 6.07) is 0. The second-order valence-electron chi connectivity index (χ2n) is 3.59. The van der Waals surface area contributed by atoms with E-state index in [2.05, 4.69) is 20.6 Å². The SMILES string of the molecule is CCN(CC(=O)NC)c1ncnc(NC)c1[N+](=O)[O-]. The zero-order chi connectivity index (χ0) is 14.4. The van der Waals surface area contributed by atoms with Gasteiger partial charge in [0, 0.05) is 20.6 Å². The van der Waals surface area contributed by atoms with E-state index in [0.29, 0.717) is 6.54 Å². The van der Waals surface area contributed by atoms with Crippen molar-refractivity contribution >= 4 is 23.2 Å². The normalized spacial score (nSPS) is 9.84. The number of carbonyl (C=O) groups is 1. The maximum absolute atomic E-state index is 11.4. The predicted molar refractivity (Wildman–Crippen MR) is 70.2 cm³/mol. The molecule has 0 radical (unpaired) electrons. The van der Waals surface area contributed by atoms with Crippen molar-refractivity contribution in [1.82, 2.24) is 15.3 Å². The van der Waals surface area contributed by atoms with Crippen LogP contribution < -0.4 is 15.5 Å². The predicted octanol–water partition coefficient (Wildman–Crippen LogP) is -0.00120. The molecule has 0 saturated carbocycles. The molecule has 0 bridgehead atoms. The van der Waals surface area contributed by atoms with Crippen LogP contribution in [0.2, 0.25) is 0 Å². The smallest absolute Gasteiger partial charge is 0.353 e. The summed E-state index contributed by atoms with van der Waals surface area (Å²) in [7, 11) is 3.04. The summed E-state index contributed by atoms with van der Waals surface area (Å²) < 4.78 is 0. The Morgan fingerprint density at radius 1 is 1.47 bits per heavy atom. The van der Waals surface area contributed by atoms with Crippen LogP contribution in [0.3, 0.4) is 0 Å². The Kier molecular flexibility index (Phi) is 4.98. The van der Waals surface area contributed by atoms with E-state index in [4.69, 9.17) is 0 Å². The van der Waals surface area contributed by atoms with Crippen LogP contribution in [-0.2, 0) is 4.79 Å². The highest BCUT2D eigenvalue weighted by atomic mass is 16.6. The van der Waals surface area contributed by atoms with E-state index in [1.165, 1.54) is 25.3 Å². The molecule has 0 aromatic carbocycles. The number of anilines is 2. The number of aromatic nitrogens is 2. The fourth-order valence-electron chi connectivity index (χ4n) is 1.54. The van der Waals surface area contributed by atoms with Gasteiger partial charge in [0.25, 0.3) is 0 Å². The van der Waals surface area contributed by atoms with E-state index in [-0.39, 0.29) is 29.8 Å². The average Bonchev–Trinajstić information content (AvgIpc) is 2.43. The molecule has 1 aromatic heterocycles. The second-order valence-corrected chi connectivity index (χ2v) is 3.59. The average molecular weight is 268 g/mol. The lowest BCUT2D eigenvalue weighted by atomic mass is 10.3. The van der Waals surface area contributed by atoms with Gasteiger partial charge in [-0.25, -0.2) is 9.97 Å². The minimum atomic E-state index is -0.562. The number of amides is 1. The molecule has 9 nitrogen and oxygen atoms in total. The van der Waals surface area contributed by atoms with Crippen molar-refractivity contribution in [2.75, 3.05) is 37.4 Å². The Morgan fingerprint density at radius 3 is 2.63 bits per heavy atom. The van der Waals surface area contributed by atoms with Crippen LogP contribution in [0, 0.1) is 10.1 Å². The van der Waals surface area contributed by atoms with Gasteiger partial charge in [-0.05, 0) is 6.92 Å². The first-order valence-electron chi connectivity index (χ1n) is 5.67. The molecule has 0 unspecified atom stereocenters. The molecule has 0 aliphatic heterocycles. The monoisotopic (exact) mass is 268 g/mol. The Balaban J connectivity index is 3.23. The number of hydrogen-bond donors (Lipinski definition) is 2. The molecule has 0 aliphatic rings. The van der Waals surface area contributed by atoms with Gasteiger partial charge >= 0.3 is 5.69 Å². The topological polar surface area (TPSA) is 113 Å². The van der Waals surface area contributed by atoms with Crippen molar-refractivity contribution < 1.29 is 9.72 Å². The van der Waals surface area contributed by atoms with Crippen LogP contribution in [0.25, 0.3) is 0 Å². The molecule has 0 saturated heterocycles. The van der Waals surface area contributed by atoms with Gasteiger partial charge in [0.2, 0.25) is 17.5 Å². The second kappa shape index (κ2) is 6.47. The van der Waals surface area contributed by atoms with E-state index in [1.54, 1.807) is 6.92 Å². The van der Waals surface area contributed by atoms with Crippen LogP contribution >= 0.6 is 0 Å². The van der Waals surface area contributed by atoms with E-state index in [1.807, 2.05) is 0 Å². The van der Waals surface area contributed by atoms with Gasteiger partial charge in [0.1, 0.15) is 6.33 Å². The Morgan fingerprint density at radius 2 is 2.16 bits per heavy atom. The van der Waals surface area contributed by atoms with Gasteiger partial charge in [-0.2, -0.15) is 0 Å². The number of nitro groups is 1. The molecule has 1 heterocycles. The number of hydrogen-bond acceptors (Lipinski definition) is 7. The lowest BCUT2D eigenvalue weighted by molar-refractivity contribution is -0.383. The number of nitrogens with zero attached hydrogens (tertiary/aromatic N) is 4. The fourth-order valence-corrected chi connectivity index (χ4v) is 1.54. The van der Waals surface area contributed by atoms with Crippen LogP contribution in [0.5, 0.6) is 0 Å². The van der Waals surface area contributed by atoms with Gasteiger partial charge in [0.15, 0.2) is 0 Å². The zero-order valence-corrected chi connectivity index (χ0v) is 11.0. The molecule has 1 rings (SSSR count). The Labute approximate surface area is 110 Å². The third-order valence-electron chi connectivity index (χ3n) is 2.52. The zero-order valence-electron chi connectivity index (χ0n) is 11.0. The summed E-state index contributed by atoms with van der Waals surface area (Å²) in [5.41, 5.74) is -0.240. The fraction of sp³-hybridized carbons (Fsp3) is 0.500. The number of likely N-dealkylation sites (N-methyl/N-ethyl adjacent to an activating group) is 2. The quantitative estimate of drug-likeness (QED) is 0.551. The summed E-state index contributed by atoms with van der Waals surface area (Å²) in [4.78, 5) is 31.2. The largest absolute Gasteiger partial charge is 0.367 e. The maximum Gasteiger partial charge on any atom is 0.353 e. The van der Waals surface area contributed by atoms with E-state index in [0.717, 1.165) is 0 Å². The van der Waals surface area contributed by atoms with Crippen LogP contribution in [0.15, 0.2) is 6.33 Å². The number of rotatable bonds is 6. The molecular weight excluding hydrogens is 252 g/mol. The molecule has 104 valence electrons.